The Balaban J connectivity index is 1.97. The Labute approximate surface area is 120 Å². The normalized spacial score (nSPS) is 17.7. The molecule has 1 aliphatic carbocycles. The average Bonchev–Trinajstić information content (AvgIpc) is 3.01. The van der Waals surface area contributed by atoms with E-state index in [4.69, 9.17) is 11.6 Å². The van der Waals surface area contributed by atoms with Crippen molar-refractivity contribution in [2.45, 2.75) is 18.9 Å². The highest BCUT2D eigenvalue weighted by Gasteiger charge is 2.45. The van der Waals surface area contributed by atoms with Gasteiger partial charge in [0, 0.05) is 0 Å². The quantitative estimate of drug-likeness (QED) is 0.924. The average molecular weight is 291 g/mol. The molecule has 0 saturated heterocycles. The van der Waals surface area contributed by atoms with Crippen molar-refractivity contribution >= 4 is 22.9 Å². The third-order valence-electron chi connectivity index (χ3n) is 3.61. The van der Waals surface area contributed by atoms with E-state index in [2.05, 4.69) is 11.1 Å². The summed E-state index contributed by atoms with van der Waals surface area (Å²) in [5.74, 6) is 0. The lowest BCUT2D eigenvalue weighted by molar-refractivity contribution is 0.0691. The molecule has 0 bridgehead atoms. The molecule has 0 spiro atoms. The Hall–Kier alpha value is -1.41. The number of rotatable bonds is 2. The second-order valence-electron chi connectivity index (χ2n) is 4.80. The fourth-order valence-corrected chi connectivity index (χ4v) is 3.64. The van der Waals surface area contributed by atoms with Crippen LogP contribution >= 0.6 is 22.9 Å². The summed E-state index contributed by atoms with van der Waals surface area (Å²) in [5.41, 5.74) is 1.43. The van der Waals surface area contributed by atoms with Crippen LogP contribution in [0.2, 0.25) is 4.34 Å². The van der Waals surface area contributed by atoms with Gasteiger partial charge in [-0.05, 0) is 24.0 Å². The van der Waals surface area contributed by atoms with Crippen LogP contribution in [0.3, 0.4) is 0 Å². The summed E-state index contributed by atoms with van der Waals surface area (Å²) in [6, 6.07) is 10.2. The lowest BCUT2D eigenvalue weighted by atomic mass is 9.81. The molecular formula is C14H11ClN2OS. The van der Waals surface area contributed by atoms with E-state index in [1.165, 1.54) is 17.5 Å². The minimum absolute atomic E-state index is 0.513. The Morgan fingerprint density at radius 3 is 2.47 bits per heavy atom. The van der Waals surface area contributed by atoms with Crippen LogP contribution in [0, 0.1) is 16.7 Å². The molecule has 1 atom stereocenters. The molecule has 0 fully saturated rings. The van der Waals surface area contributed by atoms with Crippen molar-refractivity contribution in [3.05, 3.63) is 50.9 Å². The van der Waals surface area contributed by atoms with Crippen LogP contribution in [0.1, 0.15) is 22.2 Å². The highest BCUT2D eigenvalue weighted by molar-refractivity contribution is 7.15. The first-order valence-electron chi connectivity index (χ1n) is 5.92. The molecule has 3 nitrogen and oxygen atoms in total. The number of aliphatic hydroxyl groups excluding tert-OH is 1. The minimum Gasteiger partial charge on any atom is -0.384 e. The number of halogens is 1. The van der Waals surface area contributed by atoms with Gasteiger partial charge in [0.25, 0.3) is 0 Å². The van der Waals surface area contributed by atoms with E-state index in [1.54, 1.807) is 0 Å². The Morgan fingerprint density at radius 2 is 2.00 bits per heavy atom. The molecular weight excluding hydrogens is 280 g/mol. The molecule has 1 heterocycles. The Kier molecular flexibility index (Phi) is 3.06. The van der Waals surface area contributed by atoms with Crippen LogP contribution in [0.15, 0.2) is 30.5 Å². The summed E-state index contributed by atoms with van der Waals surface area (Å²) in [6.45, 7) is 0. The predicted molar refractivity (Wildman–Crippen MR) is 74.0 cm³/mol. The molecule has 2 aromatic rings. The van der Waals surface area contributed by atoms with Gasteiger partial charge in [0.05, 0.1) is 17.7 Å². The number of fused-ring (bicyclic) bond motifs is 1. The zero-order valence-electron chi connectivity index (χ0n) is 10.0. The summed E-state index contributed by atoms with van der Waals surface area (Å²) < 4.78 is 0.526. The first-order valence-corrected chi connectivity index (χ1v) is 7.11. The molecule has 1 aromatic carbocycles. The lowest BCUT2D eigenvalue weighted by Crippen LogP contribution is -2.28. The molecule has 0 saturated carbocycles. The smallest absolute Gasteiger partial charge is 0.125 e. The molecule has 3 rings (SSSR count). The van der Waals surface area contributed by atoms with Crippen LogP contribution < -0.4 is 0 Å². The van der Waals surface area contributed by atoms with E-state index in [9.17, 15) is 10.4 Å². The van der Waals surface area contributed by atoms with E-state index in [-0.39, 0.29) is 0 Å². The minimum atomic E-state index is -0.901. The first-order chi connectivity index (χ1) is 9.14. The van der Waals surface area contributed by atoms with Crippen molar-refractivity contribution in [3.63, 3.8) is 0 Å². The number of nitriles is 1. The monoisotopic (exact) mass is 290 g/mol. The van der Waals surface area contributed by atoms with Gasteiger partial charge in [0.1, 0.15) is 15.4 Å². The van der Waals surface area contributed by atoms with Crippen molar-refractivity contribution in [3.8, 4) is 6.07 Å². The van der Waals surface area contributed by atoms with Gasteiger partial charge in [-0.15, -0.1) is 11.3 Å². The molecule has 96 valence electrons. The molecule has 1 aromatic heterocycles. The predicted octanol–water partition coefficient (Wildman–Crippen LogP) is 3.14. The maximum Gasteiger partial charge on any atom is 0.125 e. The third kappa shape index (κ3) is 2.04. The van der Waals surface area contributed by atoms with E-state index >= 15 is 0 Å². The molecule has 1 aliphatic rings. The number of aromatic nitrogens is 1. The van der Waals surface area contributed by atoms with E-state index in [1.807, 2.05) is 24.3 Å². The maximum absolute atomic E-state index is 10.5. The maximum atomic E-state index is 10.5. The van der Waals surface area contributed by atoms with Gasteiger partial charge >= 0.3 is 0 Å². The van der Waals surface area contributed by atoms with Crippen LogP contribution in [0.4, 0.5) is 0 Å². The number of hydrogen-bond acceptors (Lipinski definition) is 4. The van der Waals surface area contributed by atoms with Crippen LogP contribution in [0.5, 0.6) is 0 Å². The summed E-state index contributed by atoms with van der Waals surface area (Å²) in [7, 11) is 0. The highest BCUT2D eigenvalue weighted by Crippen LogP contribution is 2.46. The molecule has 0 radical (unpaired) electrons. The van der Waals surface area contributed by atoms with Gasteiger partial charge in [-0.25, -0.2) is 4.98 Å². The number of thiazole rings is 1. The summed E-state index contributed by atoms with van der Waals surface area (Å²) in [4.78, 5) is 4.10. The summed E-state index contributed by atoms with van der Waals surface area (Å²) in [5, 5.41) is 20.6. The van der Waals surface area contributed by atoms with Gasteiger partial charge in [0.2, 0.25) is 0 Å². The SMILES string of the molecule is N#CC1(C(O)c2ncc(Cl)s2)Cc2ccccc2C1. The van der Waals surface area contributed by atoms with Crippen LogP contribution in [0.25, 0.3) is 0 Å². The first kappa shape index (κ1) is 12.6. The molecule has 5 heteroatoms. The Bertz CT molecular complexity index is 636. The second kappa shape index (κ2) is 4.61. The Morgan fingerprint density at radius 1 is 1.37 bits per heavy atom. The highest BCUT2D eigenvalue weighted by atomic mass is 35.5. The van der Waals surface area contributed by atoms with Crippen molar-refractivity contribution < 1.29 is 5.11 Å². The number of hydrogen-bond donors (Lipinski definition) is 1. The van der Waals surface area contributed by atoms with Gasteiger partial charge in [0.15, 0.2) is 0 Å². The molecule has 1 unspecified atom stereocenters. The van der Waals surface area contributed by atoms with E-state index < -0.39 is 11.5 Å². The van der Waals surface area contributed by atoms with E-state index in [0.29, 0.717) is 22.2 Å². The lowest BCUT2D eigenvalue weighted by Gasteiger charge is -2.25. The van der Waals surface area contributed by atoms with Crippen LogP contribution in [-0.4, -0.2) is 10.1 Å². The molecule has 0 amide bonds. The van der Waals surface area contributed by atoms with Crippen molar-refractivity contribution in [1.82, 2.24) is 4.98 Å². The van der Waals surface area contributed by atoms with Gasteiger partial charge in [-0.2, -0.15) is 5.26 Å². The zero-order chi connectivity index (χ0) is 13.5. The molecule has 19 heavy (non-hydrogen) atoms. The largest absolute Gasteiger partial charge is 0.384 e. The number of benzene rings is 1. The second-order valence-corrected chi connectivity index (χ2v) is 6.49. The standard InChI is InChI=1S/C14H11ClN2OS/c15-11-7-17-13(19-11)12(18)14(8-16)5-9-3-1-2-4-10(9)6-14/h1-4,7,12,18H,5-6H2. The van der Waals surface area contributed by atoms with Gasteiger partial charge in [-0.1, -0.05) is 35.9 Å². The molecule has 0 aliphatic heterocycles. The van der Waals surface area contributed by atoms with Crippen molar-refractivity contribution in [1.29, 1.82) is 5.26 Å². The topological polar surface area (TPSA) is 56.9 Å². The van der Waals surface area contributed by atoms with Crippen LogP contribution in [-0.2, 0) is 12.8 Å². The van der Waals surface area contributed by atoms with Crippen molar-refractivity contribution in [2.75, 3.05) is 0 Å². The number of nitrogens with zero attached hydrogens (tertiary/aromatic N) is 2. The van der Waals surface area contributed by atoms with E-state index in [0.717, 1.165) is 11.1 Å². The fourth-order valence-electron chi connectivity index (χ4n) is 2.61. The fraction of sp³-hybridized carbons (Fsp3) is 0.286. The van der Waals surface area contributed by atoms with Crippen molar-refractivity contribution in [2.24, 2.45) is 5.41 Å². The van der Waals surface area contributed by atoms with Gasteiger partial charge < -0.3 is 5.11 Å². The summed E-state index contributed by atoms with van der Waals surface area (Å²) >= 11 is 7.08. The third-order valence-corrected chi connectivity index (χ3v) is 4.77. The van der Waals surface area contributed by atoms with Gasteiger partial charge in [-0.3, -0.25) is 0 Å². The number of aliphatic hydroxyl groups is 1. The zero-order valence-corrected chi connectivity index (χ0v) is 11.6. The summed E-state index contributed by atoms with van der Waals surface area (Å²) in [6.07, 6.45) is 1.72. The molecule has 1 N–H and O–H groups in total.